The molecule has 118 valence electrons. The van der Waals surface area contributed by atoms with Gasteiger partial charge in [-0.05, 0) is 12.1 Å². The summed E-state index contributed by atoms with van der Waals surface area (Å²) in [6.07, 6.45) is -1.82. The van der Waals surface area contributed by atoms with E-state index >= 15 is 0 Å². The number of ether oxygens (including phenoxy) is 1. The number of aliphatic hydroxyl groups is 3. The van der Waals surface area contributed by atoms with Crippen molar-refractivity contribution >= 4 is 5.95 Å². The largest absolute Gasteiger partial charge is 0.464 e. The molecule has 2 aromatic heterocycles. The fourth-order valence-corrected chi connectivity index (χ4v) is 2.53. The number of hydrogen-bond acceptors (Lipinski definition) is 9. The lowest BCUT2D eigenvalue weighted by Crippen LogP contribution is -2.51. The summed E-state index contributed by atoms with van der Waals surface area (Å²) in [5, 5.41) is 29.8. The molecule has 0 aliphatic carbocycles. The molecule has 1 saturated heterocycles. The van der Waals surface area contributed by atoms with Crippen LogP contribution in [0.3, 0.4) is 0 Å². The van der Waals surface area contributed by atoms with Crippen LogP contribution in [-0.2, 0) is 10.5 Å². The lowest BCUT2D eigenvalue weighted by molar-refractivity contribution is -0.132. The monoisotopic (exact) mass is 310 g/mol. The molecule has 3 heterocycles. The number of nitrogen functional groups attached to an aromatic ring is 1. The molecule has 10 heteroatoms. The van der Waals surface area contributed by atoms with E-state index in [-0.39, 0.29) is 11.7 Å². The van der Waals surface area contributed by atoms with E-state index in [4.69, 9.17) is 14.9 Å². The van der Waals surface area contributed by atoms with Crippen molar-refractivity contribution in [2.45, 2.75) is 24.0 Å². The Morgan fingerprint density at radius 2 is 2.23 bits per heavy atom. The Morgan fingerprint density at radius 1 is 1.45 bits per heavy atom. The van der Waals surface area contributed by atoms with Gasteiger partial charge in [-0.15, -0.1) is 0 Å². The van der Waals surface area contributed by atoms with Gasteiger partial charge in [0.15, 0.2) is 5.76 Å². The first-order valence-electron chi connectivity index (χ1n) is 6.41. The van der Waals surface area contributed by atoms with E-state index in [0.29, 0.717) is 0 Å². The Hall–Kier alpha value is -2.27. The van der Waals surface area contributed by atoms with Crippen molar-refractivity contribution in [1.29, 1.82) is 0 Å². The van der Waals surface area contributed by atoms with Crippen LogP contribution in [0, 0.1) is 0 Å². The Kier molecular flexibility index (Phi) is 3.45. The molecule has 5 N–H and O–H groups in total. The van der Waals surface area contributed by atoms with Gasteiger partial charge in [0.05, 0.1) is 12.9 Å². The number of nitrogens with zero attached hydrogens (tertiary/aromatic N) is 3. The molecule has 4 atom stereocenters. The van der Waals surface area contributed by atoms with Crippen LogP contribution in [0.4, 0.5) is 5.95 Å². The second-order valence-electron chi connectivity index (χ2n) is 4.82. The topological polar surface area (TPSA) is 157 Å². The minimum Gasteiger partial charge on any atom is -0.464 e. The summed E-state index contributed by atoms with van der Waals surface area (Å²) in [6, 6.07) is 2.98. The first-order chi connectivity index (χ1) is 10.5. The molecule has 0 spiro atoms. The highest BCUT2D eigenvalue weighted by Gasteiger charge is 2.59. The van der Waals surface area contributed by atoms with E-state index in [1.807, 2.05) is 0 Å². The molecular weight excluding hydrogens is 296 g/mol. The van der Waals surface area contributed by atoms with Crippen molar-refractivity contribution in [2.75, 3.05) is 12.3 Å². The number of furan rings is 1. The standard InChI is InChI=1S/C12H14N4O6/c13-10-14-5-16(11(20)15-10)12(7-2-1-3-21-7)9(19)8(18)6(4-17)22-12/h1-3,5-6,8-9,17-19H,4H2,(H2,13,15,20)/t6-,8-,9-,12-/m1/s1. The van der Waals surface area contributed by atoms with Crippen molar-refractivity contribution in [2.24, 2.45) is 0 Å². The molecule has 0 unspecified atom stereocenters. The van der Waals surface area contributed by atoms with E-state index in [0.717, 1.165) is 10.9 Å². The summed E-state index contributed by atoms with van der Waals surface area (Å²) in [4.78, 5) is 19.3. The highest BCUT2D eigenvalue weighted by Crippen LogP contribution is 2.40. The van der Waals surface area contributed by atoms with E-state index in [2.05, 4.69) is 9.97 Å². The summed E-state index contributed by atoms with van der Waals surface area (Å²) in [5.41, 5.74) is 2.60. The van der Waals surface area contributed by atoms with Gasteiger partial charge in [-0.25, -0.2) is 14.3 Å². The van der Waals surface area contributed by atoms with Crippen LogP contribution >= 0.6 is 0 Å². The van der Waals surface area contributed by atoms with Crippen molar-refractivity contribution in [3.8, 4) is 0 Å². The molecule has 10 nitrogen and oxygen atoms in total. The summed E-state index contributed by atoms with van der Waals surface area (Å²) < 4.78 is 11.7. The Balaban J connectivity index is 2.24. The van der Waals surface area contributed by atoms with Gasteiger partial charge in [-0.1, -0.05) is 0 Å². The van der Waals surface area contributed by atoms with E-state index < -0.39 is 36.3 Å². The zero-order valence-corrected chi connectivity index (χ0v) is 11.2. The predicted molar refractivity (Wildman–Crippen MR) is 70.5 cm³/mol. The SMILES string of the molecule is Nc1ncn([C@]2(c3ccco3)O[C@H](CO)[C@@H](O)[C@H]2O)c(=O)n1. The third-order valence-electron chi connectivity index (χ3n) is 3.57. The van der Waals surface area contributed by atoms with Crippen molar-refractivity contribution in [1.82, 2.24) is 14.5 Å². The molecule has 0 amide bonds. The fraction of sp³-hybridized carbons (Fsp3) is 0.417. The molecule has 1 aliphatic heterocycles. The van der Waals surface area contributed by atoms with Crippen molar-refractivity contribution < 1.29 is 24.5 Å². The van der Waals surface area contributed by atoms with E-state index in [9.17, 15) is 20.1 Å². The zero-order chi connectivity index (χ0) is 15.9. The molecule has 0 radical (unpaired) electrons. The fourth-order valence-electron chi connectivity index (χ4n) is 2.53. The number of aliphatic hydroxyl groups excluding tert-OH is 3. The van der Waals surface area contributed by atoms with Crippen molar-refractivity contribution in [3.63, 3.8) is 0 Å². The number of hydrogen-bond donors (Lipinski definition) is 4. The summed E-state index contributed by atoms with van der Waals surface area (Å²) >= 11 is 0. The molecular formula is C12H14N4O6. The third kappa shape index (κ3) is 1.93. The average molecular weight is 310 g/mol. The second kappa shape index (κ2) is 5.18. The van der Waals surface area contributed by atoms with Gasteiger partial charge in [-0.2, -0.15) is 4.98 Å². The number of anilines is 1. The Labute approximate surface area is 123 Å². The van der Waals surface area contributed by atoms with Gasteiger partial charge in [0.1, 0.15) is 24.6 Å². The third-order valence-corrected chi connectivity index (χ3v) is 3.57. The molecule has 3 rings (SSSR count). The summed E-state index contributed by atoms with van der Waals surface area (Å²) in [5.74, 6) is -0.201. The smallest absolute Gasteiger partial charge is 0.354 e. The molecule has 0 bridgehead atoms. The molecule has 2 aromatic rings. The minimum absolute atomic E-state index is 0.0467. The maximum Gasteiger partial charge on any atom is 0.354 e. The lowest BCUT2D eigenvalue weighted by atomic mass is 10.00. The number of nitrogens with two attached hydrogens (primary N) is 1. The van der Waals surface area contributed by atoms with Gasteiger partial charge in [-0.3, -0.25) is 0 Å². The molecule has 0 aromatic carbocycles. The Bertz CT molecular complexity index is 717. The summed E-state index contributed by atoms with van der Waals surface area (Å²) in [7, 11) is 0. The summed E-state index contributed by atoms with van der Waals surface area (Å²) in [6.45, 7) is -0.564. The van der Waals surface area contributed by atoms with Crippen molar-refractivity contribution in [3.05, 3.63) is 41.0 Å². The van der Waals surface area contributed by atoms with Crippen LogP contribution in [0.25, 0.3) is 0 Å². The first-order valence-corrected chi connectivity index (χ1v) is 6.41. The van der Waals surface area contributed by atoms with Crippen LogP contribution in [0.1, 0.15) is 5.76 Å². The molecule has 22 heavy (non-hydrogen) atoms. The predicted octanol–water partition coefficient (Wildman–Crippen LogP) is -2.37. The van der Waals surface area contributed by atoms with Crippen LogP contribution in [0.15, 0.2) is 33.9 Å². The van der Waals surface area contributed by atoms with Gasteiger partial charge in [0.25, 0.3) is 0 Å². The molecule has 1 aliphatic rings. The highest BCUT2D eigenvalue weighted by atomic mass is 16.6. The van der Waals surface area contributed by atoms with Gasteiger partial charge in [0, 0.05) is 0 Å². The number of rotatable bonds is 3. The maximum absolute atomic E-state index is 12.1. The molecule has 1 fully saturated rings. The highest BCUT2D eigenvalue weighted by molar-refractivity contribution is 5.20. The number of aromatic nitrogens is 3. The van der Waals surface area contributed by atoms with Crippen LogP contribution in [0.2, 0.25) is 0 Å². The normalized spacial score (nSPS) is 31.5. The van der Waals surface area contributed by atoms with Crippen LogP contribution < -0.4 is 11.4 Å². The lowest BCUT2D eigenvalue weighted by Gasteiger charge is -2.31. The zero-order valence-electron chi connectivity index (χ0n) is 11.2. The van der Waals surface area contributed by atoms with Crippen LogP contribution in [0.5, 0.6) is 0 Å². The van der Waals surface area contributed by atoms with Gasteiger partial charge in [0.2, 0.25) is 11.7 Å². The maximum atomic E-state index is 12.1. The Morgan fingerprint density at radius 3 is 2.77 bits per heavy atom. The van der Waals surface area contributed by atoms with Gasteiger partial charge >= 0.3 is 5.69 Å². The quantitative estimate of drug-likeness (QED) is 0.486. The first kappa shape index (κ1) is 14.7. The minimum atomic E-state index is -1.90. The average Bonchev–Trinajstić information content (AvgIpc) is 3.10. The van der Waals surface area contributed by atoms with Gasteiger partial charge < -0.3 is 30.2 Å². The molecule has 0 saturated carbocycles. The van der Waals surface area contributed by atoms with Crippen LogP contribution in [-0.4, -0.2) is 54.8 Å². The second-order valence-corrected chi connectivity index (χ2v) is 4.82. The van der Waals surface area contributed by atoms with E-state index in [1.165, 1.54) is 18.4 Å². The van der Waals surface area contributed by atoms with E-state index in [1.54, 1.807) is 0 Å².